The van der Waals surface area contributed by atoms with E-state index in [1.54, 1.807) is 12.1 Å². The summed E-state index contributed by atoms with van der Waals surface area (Å²) in [6.07, 6.45) is 1.91. The number of nitrogens with two attached hydrogens (primary N) is 1. The molecule has 23 heavy (non-hydrogen) atoms. The minimum absolute atomic E-state index is 0.0510. The maximum atomic E-state index is 12.5. The van der Waals surface area contributed by atoms with Crippen LogP contribution in [0.2, 0.25) is 0 Å². The van der Waals surface area contributed by atoms with Crippen molar-refractivity contribution >= 4 is 17.6 Å². The number of carbonyl (C=O) groups excluding carboxylic acids is 2. The number of primary amides is 1. The van der Waals surface area contributed by atoms with Crippen LogP contribution in [0.15, 0.2) is 18.2 Å². The Morgan fingerprint density at radius 1 is 1.35 bits per heavy atom. The van der Waals surface area contributed by atoms with Crippen LogP contribution in [-0.2, 0) is 0 Å². The molecular formula is C17H24N4O2. The molecule has 124 valence electrons. The fourth-order valence-corrected chi connectivity index (χ4v) is 3.72. The van der Waals surface area contributed by atoms with Crippen molar-refractivity contribution in [2.24, 2.45) is 5.73 Å². The molecule has 0 saturated carbocycles. The zero-order valence-corrected chi connectivity index (χ0v) is 13.8. The highest BCUT2D eigenvalue weighted by Crippen LogP contribution is 2.37. The van der Waals surface area contributed by atoms with Crippen LogP contribution in [0.4, 0.5) is 10.5 Å². The van der Waals surface area contributed by atoms with Gasteiger partial charge in [0.05, 0.1) is 5.54 Å². The van der Waals surface area contributed by atoms with E-state index in [-0.39, 0.29) is 11.6 Å². The summed E-state index contributed by atoms with van der Waals surface area (Å²) in [5.74, 6) is -0.448. The molecule has 6 nitrogen and oxygen atoms in total. The Kier molecular flexibility index (Phi) is 4.02. The Morgan fingerprint density at radius 2 is 2.04 bits per heavy atom. The summed E-state index contributed by atoms with van der Waals surface area (Å²) in [5.41, 5.74) is 7.42. The Bertz CT molecular complexity index is 635. The number of urea groups is 1. The van der Waals surface area contributed by atoms with E-state index >= 15 is 0 Å². The van der Waals surface area contributed by atoms with Gasteiger partial charge in [-0.1, -0.05) is 6.92 Å². The highest BCUT2D eigenvalue weighted by molar-refractivity contribution is 5.98. The summed E-state index contributed by atoms with van der Waals surface area (Å²) in [6.45, 7) is 7.81. The normalized spacial score (nSPS) is 20.8. The first-order valence-electron chi connectivity index (χ1n) is 8.18. The molecule has 0 unspecified atom stereocenters. The molecule has 2 fully saturated rings. The summed E-state index contributed by atoms with van der Waals surface area (Å²) in [7, 11) is 0. The number of nitrogens with zero attached hydrogens (tertiary/aromatic N) is 2. The van der Waals surface area contributed by atoms with Crippen LogP contribution in [-0.4, -0.2) is 48.6 Å². The molecule has 1 spiro atoms. The second-order valence-electron chi connectivity index (χ2n) is 6.52. The largest absolute Gasteiger partial charge is 0.366 e. The third-order valence-electron chi connectivity index (χ3n) is 5.20. The number of carbonyl (C=O) groups is 2. The molecule has 3 rings (SSSR count). The predicted octanol–water partition coefficient (Wildman–Crippen LogP) is 1.48. The average molecular weight is 316 g/mol. The summed E-state index contributed by atoms with van der Waals surface area (Å²) >= 11 is 0. The van der Waals surface area contributed by atoms with Crippen LogP contribution in [0.3, 0.4) is 0 Å². The van der Waals surface area contributed by atoms with Crippen LogP contribution < -0.4 is 16.0 Å². The van der Waals surface area contributed by atoms with E-state index in [0.29, 0.717) is 12.1 Å². The van der Waals surface area contributed by atoms with Crippen molar-refractivity contribution in [3.05, 3.63) is 29.3 Å². The van der Waals surface area contributed by atoms with E-state index < -0.39 is 5.91 Å². The molecule has 2 aliphatic rings. The standard InChI is InChI=1S/C17H24N4O2/c1-3-20-8-6-17(7-9-20)11-19-16(23)21(17)14-5-4-13(15(18)22)10-12(14)2/h4-5,10H,3,6-9,11H2,1-2H3,(H2,18,22)(H,19,23). The second kappa shape index (κ2) is 5.85. The minimum Gasteiger partial charge on any atom is -0.366 e. The molecule has 0 atom stereocenters. The Morgan fingerprint density at radius 3 is 2.61 bits per heavy atom. The van der Waals surface area contributed by atoms with Gasteiger partial charge in [0.25, 0.3) is 0 Å². The topological polar surface area (TPSA) is 78.7 Å². The fourth-order valence-electron chi connectivity index (χ4n) is 3.72. The van der Waals surface area contributed by atoms with Crippen molar-refractivity contribution in [1.29, 1.82) is 0 Å². The van der Waals surface area contributed by atoms with Gasteiger partial charge in [-0.2, -0.15) is 0 Å². The van der Waals surface area contributed by atoms with Gasteiger partial charge in [0.15, 0.2) is 0 Å². The van der Waals surface area contributed by atoms with Gasteiger partial charge in [0.2, 0.25) is 5.91 Å². The second-order valence-corrected chi connectivity index (χ2v) is 6.52. The highest BCUT2D eigenvalue weighted by atomic mass is 16.2. The molecule has 6 heteroatoms. The molecular weight excluding hydrogens is 292 g/mol. The zero-order valence-electron chi connectivity index (χ0n) is 13.8. The summed E-state index contributed by atoms with van der Waals surface area (Å²) in [5, 5.41) is 3.00. The quantitative estimate of drug-likeness (QED) is 0.886. The molecule has 0 radical (unpaired) electrons. The van der Waals surface area contributed by atoms with E-state index in [1.807, 2.05) is 17.9 Å². The third-order valence-corrected chi connectivity index (χ3v) is 5.20. The van der Waals surface area contributed by atoms with Gasteiger partial charge in [-0.25, -0.2) is 4.79 Å². The first kappa shape index (κ1) is 15.8. The van der Waals surface area contributed by atoms with E-state index in [0.717, 1.165) is 43.7 Å². The van der Waals surface area contributed by atoms with E-state index in [4.69, 9.17) is 5.73 Å². The van der Waals surface area contributed by atoms with E-state index in [9.17, 15) is 9.59 Å². The molecule has 3 amide bonds. The van der Waals surface area contributed by atoms with E-state index in [1.165, 1.54) is 0 Å². The van der Waals surface area contributed by atoms with Gasteiger partial charge in [-0.3, -0.25) is 9.69 Å². The lowest BCUT2D eigenvalue weighted by atomic mass is 9.86. The van der Waals surface area contributed by atoms with Crippen molar-refractivity contribution in [2.75, 3.05) is 31.1 Å². The Balaban J connectivity index is 1.93. The number of nitrogens with one attached hydrogen (secondary N) is 1. The van der Waals surface area contributed by atoms with Crippen LogP contribution in [0.5, 0.6) is 0 Å². The molecule has 2 saturated heterocycles. The Hall–Kier alpha value is -2.08. The van der Waals surface area contributed by atoms with Crippen molar-refractivity contribution in [2.45, 2.75) is 32.2 Å². The van der Waals surface area contributed by atoms with Gasteiger partial charge >= 0.3 is 6.03 Å². The SMILES string of the molecule is CCN1CCC2(CC1)CNC(=O)N2c1ccc(C(N)=O)cc1C. The zero-order chi connectivity index (χ0) is 16.6. The maximum absolute atomic E-state index is 12.5. The number of hydrogen-bond donors (Lipinski definition) is 2. The van der Waals surface area contributed by atoms with Crippen LogP contribution >= 0.6 is 0 Å². The van der Waals surface area contributed by atoms with Crippen molar-refractivity contribution in [3.63, 3.8) is 0 Å². The molecule has 1 aromatic carbocycles. The number of rotatable bonds is 3. The number of piperidine rings is 1. The molecule has 2 aliphatic heterocycles. The first-order valence-corrected chi connectivity index (χ1v) is 8.18. The number of benzene rings is 1. The molecule has 0 aliphatic carbocycles. The van der Waals surface area contributed by atoms with Gasteiger partial charge in [0, 0.05) is 30.9 Å². The van der Waals surface area contributed by atoms with Crippen molar-refractivity contribution in [1.82, 2.24) is 10.2 Å². The molecule has 2 heterocycles. The summed E-state index contributed by atoms with van der Waals surface area (Å²) < 4.78 is 0. The van der Waals surface area contributed by atoms with Gasteiger partial charge in [0.1, 0.15) is 0 Å². The predicted molar refractivity (Wildman–Crippen MR) is 89.7 cm³/mol. The summed E-state index contributed by atoms with van der Waals surface area (Å²) in [6, 6.07) is 5.25. The number of amides is 3. The average Bonchev–Trinajstić information content (AvgIpc) is 2.85. The lowest BCUT2D eigenvalue weighted by Gasteiger charge is -2.44. The fraction of sp³-hybridized carbons (Fsp3) is 0.529. The molecule has 3 N–H and O–H groups in total. The van der Waals surface area contributed by atoms with E-state index in [2.05, 4.69) is 17.1 Å². The highest BCUT2D eigenvalue weighted by Gasteiger charge is 2.48. The maximum Gasteiger partial charge on any atom is 0.322 e. The number of likely N-dealkylation sites (tertiary alicyclic amines) is 1. The van der Waals surface area contributed by atoms with Crippen molar-refractivity contribution < 1.29 is 9.59 Å². The number of anilines is 1. The molecule has 0 aromatic heterocycles. The molecule has 1 aromatic rings. The van der Waals surface area contributed by atoms with Gasteiger partial charge < -0.3 is 16.0 Å². The monoisotopic (exact) mass is 316 g/mol. The van der Waals surface area contributed by atoms with Crippen molar-refractivity contribution in [3.8, 4) is 0 Å². The van der Waals surface area contributed by atoms with Crippen LogP contribution in [0.25, 0.3) is 0 Å². The lowest BCUT2D eigenvalue weighted by molar-refractivity contribution is 0.1000. The van der Waals surface area contributed by atoms with Crippen LogP contribution in [0, 0.1) is 6.92 Å². The lowest BCUT2D eigenvalue weighted by Crippen LogP contribution is -2.55. The third kappa shape index (κ3) is 2.67. The van der Waals surface area contributed by atoms with Crippen LogP contribution in [0.1, 0.15) is 35.7 Å². The smallest absolute Gasteiger partial charge is 0.322 e. The van der Waals surface area contributed by atoms with Gasteiger partial charge in [-0.15, -0.1) is 0 Å². The molecule has 0 bridgehead atoms. The number of aryl methyl sites for hydroxylation is 1. The van der Waals surface area contributed by atoms with Gasteiger partial charge in [-0.05, 0) is 50.1 Å². The Labute approximate surface area is 136 Å². The number of hydrogen-bond acceptors (Lipinski definition) is 3. The first-order chi connectivity index (χ1) is 11.0. The summed E-state index contributed by atoms with van der Waals surface area (Å²) in [4.78, 5) is 28.1. The minimum atomic E-state index is -0.448.